The number of anilines is 1. The van der Waals surface area contributed by atoms with Gasteiger partial charge < -0.3 is 14.5 Å². The van der Waals surface area contributed by atoms with Gasteiger partial charge in [-0.3, -0.25) is 4.68 Å². The standard InChI is InChI=1S/C16H22ClN5O/c1-11-10-23-6-5-22(11)15-9-21(8-14(17)18-15)16-7-13(12-3-4-12)19-20(16)2/h7-8,11-12H,3-6,9-10H2,1-2H3/t11-/m1/s1. The van der Waals surface area contributed by atoms with E-state index < -0.39 is 0 Å². The second kappa shape index (κ2) is 5.83. The van der Waals surface area contributed by atoms with Crippen molar-refractivity contribution in [3.63, 3.8) is 0 Å². The number of amidine groups is 1. The SMILES string of the molecule is C[C@@H]1COCCN1C1=NC(Cl)=CN(c2cc(C3CC3)nn2C)C1. The maximum Gasteiger partial charge on any atom is 0.147 e. The molecule has 0 radical (unpaired) electrons. The molecule has 0 unspecified atom stereocenters. The highest BCUT2D eigenvalue weighted by Gasteiger charge is 2.30. The number of halogens is 1. The molecule has 3 heterocycles. The Morgan fingerprint density at radius 1 is 1.35 bits per heavy atom. The lowest BCUT2D eigenvalue weighted by Crippen LogP contribution is -2.51. The van der Waals surface area contributed by atoms with E-state index in [0.29, 0.717) is 23.7 Å². The van der Waals surface area contributed by atoms with Crippen molar-refractivity contribution in [3.05, 3.63) is 23.1 Å². The van der Waals surface area contributed by atoms with Gasteiger partial charge in [-0.2, -0.15) is 5.10 Å². The minimum atomic E-state index is 0.320. The molecule has 1 aromatic heterocycles. The van der Waals surface area contributed by atoms with Gasteiger partial charge in [0.2, 0.25) is 0 Å². The normalized spacial score (nSPS) is 25.4. The smallest absolute Gasteiger partial charge is 0.147 e. The molecule has 4 rings (SSSR count). The third-order valence-electron chi connectivity index (χ3n) is 4.67. The van der Waals surface area contributed by atoms with Crippen LogP contribution in [0.2, 0.25) is 0 Å². The van der Waals surface area contributed by atoms with Crippen LogP contribution in [-0.4, -0.2) is 52.9 Å². The number of aliphatic imine (C=N–C) groups is 1. The summed E-state index contributed by atoms with van der Waals surface area (Å²) in [6.07, 6.45) is 4.40. The van der Waals surface area contributed by atoms with Crippen molar-refractivity contribution in [2.75, 3.05) is 31.2 Å². The average Bonchev–Trinajstić information content (AvgIpc) is 3.30. The Morgan fingerprint density at radius 3 is 2.91 bits per heavy atom. The maximum absolute atomic E-state index is 6.30. The van der Waals surface area contributed by atoms with Gasteiger partial charge in [-0.25, -0.2) is 4.99 Å². The van der Waals surface area contributed by atoms with Crippen molar-refractivity contribution in [2.24, 2.45) is 12.0 Å². The molecule has 2 aliphatic heterocycles. The zero-order valence-electron chi connectivity index (χ0n) is 13.6. The number of hydrogen-bond donors (Lipinski definition) is 0. The van der Waals surface area contributed by atoms with E-state index in [-0.39, 0.29) is 0 Å². The molecule has 1 aromatic rings. The van der Waals surface area contributed by atoms with Gasteiger partial charge in [0.05, 0.1) is 31.5 Å². The van der Waals surface area contributed by atoms with Gasteiger partial charge in [0.25, 0.3) is 0 Å². The van der Waals surface area contributed by atoms with E-state index in [9.17, 15) is 0 Å². The largest absolute Gasteiger partial charge is 0.377 e. The van der Waals surface area contributed by atoms with Gasteiger partial charge in [0, 0.05) is 31.8 Å². The lowest BCUT2D eigenvalue weighted by Gasteiger charge is -2.38. The van der Waals surface area contributed by atoms with Crippen molar-refractivity contribution in [3.8, 4) is 0 Å². The molecule has 3 aliphatic rings. The highest BCUT2D eigenvalue weighted by Crippen LogP contribution is 2.40. The summed E-state index contributed by atoms with van der Waals surface area (Å²) >= 11 is 6.30. The van der Waals surface area contributed by atoms with Gasteiger partial charge in [-0.15, -0.1) is 0 Å². The topological polar surface area (TPSA) is 45.9 Å². The molecule has 0 N–H and O–H groups in total. The molecule has 23 heavy (non-hydrogen) atoms. The Hall–Kier alpha value is -1.53. The summed E-state index contributed by atoms with van der Waals surface area (Å²) in [6.45, 7) is 5.20. The average molecular weight is 336 g/mol. The minimum Gasteiger partial charge on any atom is -0.377 e. The van der Waals surface area contributed by atoms with Crippen LogP contribution in [0, 0.1) is 0 Å². The van der Waals surface area contributed by atoms with Gasteiger partial charge in [-0.05, 0) is 19.8 Å². The highest BCUT2D eigenvalue weighted by molar-refractivity contribution is 6.30. The first-order valence-corrected chi connectivity index (χ1v) is 8.59. The number of hydrogen-bond acceptors (Lipinski definition) is 5. The summed E-state index contributed by atoms with van der Waals surface area (Å²) < 4.78 is 7.47. The van der Waals surface area contributed by atoms with Crippen molar-refractivity contribution < 1.29 is 4.74 Å². The zero-order valence-corrected chi connectivity index (χ0v) is 14.3. The molecular weight excluding hydrogens is 314 g/mol. The molecule has 0 bridgehead atoms. The van der Waals surface area contributed by atoms with Crippen molar-refractivity contribution in [1.82, 2.24) is 14.7 Å². The van der Waals surface area contributed by atoms with E-state index in [2.05, 4.69) is 32.9 Å². The fraction of sp³-hybridized carbons (Fsp3) is 0.625. The van der Waals surface area contributed by atoms with Crippen LogP contribution in [0.25, 0.3) is 0 Å². The summed E-state index contributed by atoms with van der Waals surface area (Å²) in [5.41, 5.74) is 1.19. The number of nitrogens with zero attached hydrogens (tertiary/aromatic N) is 5. The molecule has 0 aromatic carbocycles. The van der Waals surface area contributed by atoms with Crippen LogP contribution in [-0.2, 0) is 11.8 Å². The van der Waals surface area contributed by atoms with E-state index in [1.807, 2.05) is 17.9 Å². The molecule has 7 heteroatoms. The third kappa shape index (κ3) is 2.97. The van der Waals surface area contributed by atoms with E-state index in [4.69, 9.17) is 16.3 Å². The predicted molar refractivity (Wildman–Crippen MR) is 90.9 cm³/mol. The molecular formula is C16H22ClN5O. The Bertz CT molecular complexity index is 663. The summed E-state index contributed by atoms with van der Waals surface area (Å²) in [5, 5.41) is 5.17. The van der Waals surface area contributed by atoms with Crippen molar-refractivity contribution in [1.29, 1.82) is 0 Å². The van der Waals surface area contributed by atoms with Crippen molar-refractivity contribution >= 4 is 23.3 Å². The summed E-state index contributed by atoms with van der Waals surface area (Å²) in [7, 11) is 1.99. The monoisotopic (exact) mass is 335 g/mol. The summed E-state index contributed by atoms with van der Waals surface area (Å²) in [5.74, 6) is 2.72. The Morgan fingerprint density at radius 2 is 2.17 bits per heavy atom. The Labute approximate surface area is 141 Å². The van der Waals surface area contributed by atoms with Gasteiger partial charge in [-0.1, -0.05) is 11.6 Å². The van der Waals surface area contributed by atoms with Crippen LogP contribution in [0.4, 0.5) is 5.82 Å². The van der Waals surface area contributed by atoms with Gasteiger partial charge in [0.1, 0.15) is 16.8 Å². The number of aryl methyl sites for hydroxylation is 1. The molecule has 1 saturated heterocycles. The minimum absolute atomic E-state index is 0.320. The van der Waals surface area contributed by atoms with Crippen LogP contribution in [0.5, 0.6) is 0 Å². The Kier molecular flexibility index (Phi) is 3.81. The lowest BCUT2D eigenvalue weighted by atomic mass is 10.2. The number of ether oxygens (including phenoxy) is 1. The third-order valence-corrected chi connectivity index (χ3v) is 4.86. The van der Waals surface area contributed by atoms with E-state index >= 15 is 0 Å². The fourth-order valence-electron chi connectivity index (χ4n) is 3.25. The summed E-state index contributed by atoms with van der Waals surface area (Å²) in [6, 6.07) is 2.50. The van der Waals surface area contributed by atoms with Crippen LogP contribution in [0.15, 0.2) is 22.4 Å². The Balaban J connectivity index is 1.58. The van der Waals surface area contributed by atoms with Gasteiger partial charge >= 0.3 is 0 Å². The second-order valence-corrected chi connectivity index (χ2v) is 6.94. The van der Waals surface area contributed by atoms with Crippen LogP contribution in [0.1, 0.15) is 31.4 Å². The first kappa shape index (κ1) is 15.0. The van der Waals surface area contributed by atoms with Crippen LogP contribution < -0.4 is 4.90 Å². The molecule has 2 fully saturated rings. The molecule has 124 valence electrons. The van der Waals surface area contributed by atoms with E-state index in [1.165, 1.54) is 18.5 Å². The second-order valence-electron chi connectivity index (χ2n) is 6.55. The van der Waals surface area contributed by atoms with Crippen LogP contribution >= 0.6 is 11.6 Å². The lowest BCUT2D eigenvalue weighted by molar-refractivity contribution is 0.0326. The van der Waals surface area contributed by atoms with E-state index in [1.54, 1.807) is 0 Å². The first-order chi connectivity index (χ1) is 11.1. The highest BCUT2D eigenvalue weighted by atomic mass is 35.5. The number of rotatable bonds is 2. The molecule has 1 aliphatic carbocycles. The predicted octanol–water partition coefficient (Wildman–Crippen LogP) is 2.27. The van der Waals surface area contributed by atoms with Gasteiger partial charge in [0.15, 0.2) is 0 Å². The molecule has 1 atom stereocenters. The van der Waals surface area contributed by atoms with E-state index in [0.717, 1.165) is 31.4 Å². The fourth-order valence-corrected chi connectivity index (χ4v) is 3.47. The number of aromatic nitrogens is 2. The summed E-state index contributed by atoms with van der Waals surface area (Å²) in [4.78, 5) is 9.00. The molecule has 1 saturated carbocycles. The van der Waals surface area contributed by atoms with Crippen molar-refractivity contribution in [2.45, 2.75) is 31.7 Å². The molecule has 0 spiro atoms. The maximum atomic E-state index is 6.30. The quantitative estimate of drug-likeness (QED) is 0.778. The van der Waals surface area contributed by atoms with Crippen LogP contribution in [0.3, 0.4) is 0 Å². The zero-order chi connectivity index (χ0) is 16.0. The molecule has 6 nitrogen and oxygen atoms in total. The first-order valence-electron chi connectivity index (χ1n) is 8.21. The number of morpholine rings is 1. The molecule has 0 amide bonds.